The summed E-state index contributed by atoms with van der Waals surface area (Å²) in [6, 6.07) is 0. The summed E-state index contributed by atoms with van der Waals surface area (Å²) in [5.41, 5.74) is 0. The largest absolute Gasteiger partial charge is 0.472 e. The van der Waals surface area contributed by atoms with Gasteiger partial charge in [0.05, 0.1) is 26.4 Å². The van der Waals surface area contributed by atoms with Gasteiger partial charge in [0, 0.05) is 25.7 Å². The van der Waals surface area contributed by atoms with Crippen LogP contribution in [-0.2, 0) is 65.4 Å². The fraction of sp³-hybridized carbons (Fsp3) is 0.947. The summed E-state index contributed by atoms with van der Waals surface area (Å²) in [7, 11) is -9.91. The minimum atomic E-state index is -4.96. The molecule has 0 spiro atoms. The molecule has 0 amide bonds. The molecular formula is C76H148O17P2. The Balaban J connectivity index is 5.25. The van der Waals surface area contributed by atoms with E-state index in [-0.39, 0.29) is 25.7 Å². The lowest BCUT2D eigenvalue weighted by atomic mass is 9.99. The van der Waals surface area contributed by atoms with Gasteiger partial charge >= 0.3 is 39.5 Å². The van der Waals surface area contributed by atoms with Gasteiger partial charge in [0.2, 0.25) is 0 Å². The summed E-state index contributed by atoms with van der Waals surface area (Å²) in [4.78, 5) is 72.8. The Labute approximate surface area is 581 Å². The average Bonchev–Trinajstić information content (AvgIpc) is 1.46. The Hall–Kier alpha value is -1.94. The van der Waals surface area contributed by atoms with Gasteiger partial charge in [-0.3, -0.25) is 37.3 Å². The zero-order chi connectivity index (χ0) is 70.0. The smallest absolute Gasteiger partial charge is 0.462 e. The Bertz CT molecular complexity index is 1840. The standard InChI is InChI=1S/C76H148O17P2/c1-7-10-12-14-16-18-20-21-22-23-24-25-26-28-36-42-48-54-60-75(80)92-71(64-87-74(79)59-53-47-41-35-30-29-33-39-45-51-57-69(6)9-3)66-90-94(82,83)88-62-70(77)63-89-95(84,85)91-67-72(65-86-73(78)58-52-46-40-34-27-19-17-15-13-11-8-2)93-76(81)61-55-49-43-37-31-32-38-44-50-56-68(4)5/h68-72,77H,7-67H2,1-6H3,(H,82,83)(H,84,85)/t69?,70-,71-,72-/m1/s1. The van der Waals surface area contributed by atoms with E-state index in [0.29, 0.717) is 25.7 Å². The predicted molar refractivity (Wildman–Crippen MR) is 386 cm³/mol. The van der Waals surface area contributed by atoms with E-state index in [4.69, 9.17) is 37.0 Å². The van der Waals surface area contributed by atoms with Crippen LogP contribution in [0.4, 0.5) is 0 Å². The maximum atomic E-state index is 13.1. The van der Waals surface area contributed by atoms with E-state index in [1.54, 1.807) is 0 Å². The molecule has 0 rings (SSSR count). The molecule has 95 heavy (non-hydrogen) atoms. The van der Waals surface area contributed by atoms with Crippen LogP contribution in [0, 0.1) is 11.8 Å². The normalized spacial score (nSPS) is 14.3. The molecule has 0 saturated carbocycles. The van der Waals surface area contributed by atoms with E-state index < -0.39 is 97.5 Å². The number of aliphatic hydroxyl groups excluding tert-OH is 1. The van der Waals surface area contributed by atoms with Gasteiger partial charge in [0.15, 0.2) is 12.2 Å². The zero-order valence-electron chi connectivity index (χ0n) is 62.0. The van der Waals surface area contributed by atoms with Crippen LogP contribution in [0.5, 0.6) is 0 Å². The van der Waals surface area contributed by atoms with Crippen LogP contribution < -0.4 is 0 Å². The molecule has 0 aliphatic heterocycles. The van der Waals surface area contributed by atoms with Crippen LogP contribution >= 0.6 is 15.6 Å². The minimum absolute atomic E-state index is 0.106. The van der Waals surface area contributed by atoms with Crippen LogP contribution in [0.25, 0.3) is 0 Å². The number of phosphoric ester groups is 2. The van der Waals surface area contributed by atoms with Crippen molar-refractivity contribution in [2.45, 2.75) is 413 Å². The van der Waals surface area contributed by atoms with Crippen molar-refractivity contribution in [3.8, 4) is 0 Å². The number of rotatable bonds is 75. The molecule has 6 atom stereocenters. The van der Waals surface area contributed by atoms with E-state index in [1.165, 1.54) is 212 Å². The van der Waals surface area contributed by atoms with Crippen molar-refractivity contribution in [2.75, 3.05) is 39.6 Å². The Morgan fingerprint density at radius 3 is 0.800 bits per heavy atom. The molecule has 0 aliphatic rings. The van der Waals surface area contributed by atoms with Gasteiger partial charge in [-0.25, -0.2) is 9.13 Å². The number of ether oxygens (including phenoxy) is 4. The highest BCUT2D eigenvalue weighted by Crippen LogP contribution is 2.45. The van der Waals surface area contributed by atoms with E-state index in [1.807, 2.05) is 0 Å². The second-order valence-electron chi connectivity index (χ2n) is 28.1. The highest BCUT2D eigenvalue weighted by Gasteiger charge is 2.30. The summed E-state index contributed by atoms with van der Waals surface area (Å²) in [6.45, 7) is 9.60. The minimum Gasteiger partial charge on any atom is -0.462 e. The number of hydrogen-bond donors (Lipinski definition) is 3. The molecule has 3 N–H and O–H groups in total. The molecule has 564 valence electrons. The lowest BCUT2D eigenvalue weighted by Crippen LogP contribution is -2.30. The van der Waals surface area contributed by atoms with Crippen molar-refractivity contribution >= 4 is 39.5 Å². The number of unbranched alkanes of at least 4 members (excludes halogenated alkanes) is 44. The first kappa shape index (κ1) is 93.1. The molecule has 0 saturated heterocycles. The van der Waals surface area contributed by atoms with Crippen molar-refractivity contribution in [3.05, 3.63) is 0 Å². The summed E-state index contributed by atoms with van der Waals surface area (Å²) in [6.07, 6.45) is 55.4. The molecule has 19 heteroatoms. The van der Waals surface area contributed by atoms with Gasteiger partial charge in [-0.15, -0.1) is 0 Å². The number of esters is 4. The van der Waals surface area contributed by atoms with Crippen molar-refractivity contribution in [1.29, 1.82) is 0 Å². The van der Waals surface area contributed by atoms with E-state index >= 15 is 0 Å². The SMILES string of the molecule is CCCCCCCCCCCCCCCCCCCCC(=O)O[C@H](COC(=O)CCCCCCCCCCCCC(C)CC)COP(=O)(O)OC[C@@H](O)COP(=O)(O)OC[C@@H](COC(=O)CCCCCCCCCCCCC)OC(=O)CCCCCCCCCCCC(C)C. The molecule has 0 radical (unpaired) electrons. The average molecular weight is 1400 g/mol. The molecule has 0 aromatic heterocycles. The number of carbonyl (C=O) groups is 4. The fourth-order valence-electron chi connectivity index (χ4n) is 11.6. The molecule has 3 unspecified atom stereocenters. The molecule has 0 heterocycles. The fourth-order valence-corrected chi connectivity index (χ4v) is 13.2. The monoisotopic (exact) mass is 1400 g/mol. The van der Waals surface area contributed by atoms with Gasteiger partial charge in [-0.1, -0.05) is 343 Å². The predicted octanol–water partition coefficient (Wildman–Crippen LogP) is 22.3. The third-order valence-corrected chi connectivity index (χ3v) is 20.0. The maximum Gasteiger partial charge on any atom is 0.472 e. The van der Waals surface area contributed by atoms with Gasteiger partial charge in [0.1, 0.15) is 19.3 Å². The van der Waals surface area contributed by atoms with Gasteiger partial charge in [-0.2, -0.15) is 0 Å². The number of carbonyl (C=O) groups excluding carboxylic acids is 4. The lowest BCUT2D eigenvalue weighted by Gasteiger charge is -2.21. The molecule has 0 fully saturated rings. The van der Waals surface area contributed by atoms with E-state index in [2.05, 4.69) is 41.5 Å². The third kappa shape index (κ3) is 69.0. The van der Waals surface area contributed by atoms with Gasteiger partial charge in [0.25, 0.3) is 0 Å². The molecule has 0 aromatic rings. The lowest BCUT2D eigenvalue weighted by molar-refractivity contribution is -0.161. The van der Waals surface area contributed by atoms with Gasteiger partial charge in [-0.05, 0) is 37.5 Å². The van der Waals surface area contributed by atoms with Crippen molar-refractivity contribution in [1.82, 2.24) is 0 Å². The first-order valence-corrected chi connectivity index (χ1v) is 42.5. The Morgan fingerprint density at radius 2 is 0.537 bits per heavy atom. The van der Waals surface area contributed by atoms with Crippen LogP contribution in [0.2, 0.25) is 0 Å². The highest BCUT2D eigenvalue weighted by molar-refractivity contribution is 7.47. The second-order valence-corrected chi connectivity index (χ2v) is 31.0. The summed E-state index contributed by atoms with van der Waals surface area (Å²) in [5.74, 6) is -0.569. The number of hydrogen-bond acceptors (Lipinski definition) is 15. The summed E-state index contributed by atoms with van der Waals surface area (Å²) < 4.78 is 68.5. The molecule has 17 nitrogen and oxygen atoms in total. The molecule has 0 aliphatic carbocycles. The molecule has 0 bridgehead atoms. The van der Waals surface area contributed by atoms with E-state index in [9.17, 15) is 43.2 Å². The topological polar surface area (TPSA) is 237 Å². The highest BCUT2D eigenvalue weighted by atomic mass is 31.2. The Kier molecular flexibility index (Phi) is 66.5. The zero-order valence-corrected chi connectivity index (χ0v) is 63.8. The van der Waals surface area contributed by atoms with Crippen LogP contribution in [0.15, 0.2) is 0 Å². The third-order valence-electron chi connectivity index (χ3n) is 18.1. The van der Waals surface area contributed by atoms with Crippen LogP contribution in [0.1, 0.15) is 395 Å². The quantitative estimate of drug-likeness (QED) is 0.0222. The van der Waals surface area contributed by atoms with Crippen LogP contribution in [0.3, 0.4) is 0 Å². The first-order valence-electron chi connectivity index (χ1n) is 39.5. The van der Waals surface area contributed by atoms with Gasteiger partial charge < -0.3 is 33.8 Å². The number of phosphoric acid groups is 2. The number of aliphatic hydroxyl groups is 1. The van der Waals surface area contributed by atoms with Crippen molar-refractivity contribution in [3.63, 3.8) is 0 Å². The summed E-state index contributed by atoms with van der Waals surface area (Å²) in [5, 5.41) is 10.6. The molecular weight excluding hydrogens is 1250 g/mol. The van der Waals surface area contributed by atoms with Crippen LogP contribution in [-0.4, -0.2) is 96.7 Å². The second kappa shape index (κ2) is 67.9. The van der Waals surface area contributed by atoms with Crippen molar-refractivity contribution in [2.24, 2.45) is 11.8 Å². The summed E-state index contributed by atoms with van der Waals surface area (Å²) >= 11 is 0. The van der Waals surface area contributed by atoms with Crippen molar-refractivity contribution < 1.29 is 80.2 Å². The maximum absolute atomic E-state index is 13.1. The Morgan fingerprint density at radius 1 is 0.305 bits per heavy atom. The molecule has 0 aromatic carbocycles. The first-order chi connectivity index (χ1) is 45.9. The van der Waals surface area contributed by atoms with E-state index in [0.717, 1.165) is 102 Å².